The van der Waals surface area contributed by atoms with Gasteiger partial charge in [-0.15, -0.1) is 0 Å². The van der Waals surface area contributed by atoms with Gasteiger partial charge in [0.25, 0.3) is 5.91 Å². The van der Waals surface area contributed by atoms with Crippen molar-refractivity contribution in [1.29, 1.82) is 0 Å². The van der Waals surface area contributed by atoms with Crippen molar-refractivity contribution in [2.24, 2.45) is 5.92 Å². The Hall–Kier alpha value is -1.93. The van der Waals surface area contributed by atoms with E-state index in [1.54, 1.807) is 6.92 Å². The minimum Gasteiger partial charge on any atom is -0.481 e. The van der Waals surface area contributed by atoms with E-state index < -0.39 is 16.0 Å². The van der Waals surface area contributed by atoms with Crippen molar-refractivity contribution in [3.8, 4) is 0 Å². The van der Waals surface area contributed by atoms with Crippen LogP contribution in [0.4, 0.5) is 0 Å². The lowest BCUT2D eigenvalue weighted by Gasteiger charge is -2.30. The summed E-state index contributed by atoms with van der Waals surface area (Å²) in [7, 11) is -3.54. The zero-order valence-corrected chi connectivity index (χ0v) is 16.0. The van der Waals surface area contributed by atoms with E-state index in [1.807, 2.05) is 6.92 Å². The van der Waals surface area contributed by atoms with E-state index in [2.05, 4.69) is 5.32 Å². The molecule has 1 heterocycles. The number of sulfonamides is 1. The molecule has 2 rings (SSSR count). The fourth-order valence-corrected chi connectivity index (χ4v) is 4.61. The fourth-order valence-electron chi connectivity index (χ4n) is 3.01. The molecule has 8 heteroatoms. The summed E-state index contributed by atoms with van der Waals surface area (Å²) in [5.74, 6) is -0.915. The number of carboxylic acid groups (broad SMARTS) is 1. The van der Waals surface area contributed by atoms with Crippen LogP contribution in [-0.2, 0) is 14.8 Å². The van der Waals surface area contributed by atoms with Crippen molar-refractivity contribution < 1.29 is 23.1 Å². The fraction of sp³-hybridized carbons (Fsp3) is 0.556. The summed E-state index contributed by atoms with van der Waals surface area (Å²) in [5.41, 5.74) is 0.345. The molecule has 1 aliphatic heterocycles. The third-order valence-electron chi connectivity index (χ3n) is 4.54. The summed E-state index contributed by atoms with van der Waals surface area (Å²) in [6, 6.07) is 5.59. The molecule has 7 nitrogen and oxygen atoms in total. The van der Waals surface area contributed by atoms with E-state index in [9.17, 15) is 18.0 Å². The van der Waals surface area contributed by atoms with E-state index in [4.69, 9.17) is 5.11 Å². The van der Waals surface area contributed by atoms with Gasteiger partial charge in [0.15, 0.2) is 0 Å². The number of nitrogens with zero attached hydrogens (tertiary/aromatic N) is 1. The number of hydrogen-bond donors (Lipinski definition) is 2. The number of carboxylic acids is 1. The Kier molecular flexibility index (Phi) is 6.77. The van der Waals surface area contributed by atoms with Gasteiger partial charge in [-0.25, -0.2) is 8.42 Å². The number of carbonyl (C=O) groups excluding carboxylic acids is 1. The van der Waals surface area contributed by atoms with Gasteiger partial charge in [0.05, 0.1) is 4.90 Å². The van der Waals surface area contributed by atoms with Crippen LogP contribution in [-0.4, -0.2) is 48.8 Å². The number of benzene rings is 1. The van der Waals surface area contributed by atoms with Crippen LogP contribution in [0.3, 0.4) is 0 Å². The SMILES string of the molecule is CC1CCCN(S(=O)(=O)c2ccc(C(=O)NC(C)CCC(=O)O)cc2)C1. The average molecular weight is 382 g/mol. The minimum absolute atomic E-state index is 0.0209. The quantitative estimate of drug-likeness (QED) is 0.751. The lowest BCUT2D eigenvalue weighted by atomic mass is 10.0. The second-order valence-corrected chi connectivity index (χ2v) is 8.88. The van der Waals surface area contributed by atoms with E-state index in [0.29, 0.717) is 31.0 Å². The topological polar surface area (TPSA) is 104 Å². The maximum absolute atomic E-state index is 12.7. The minimum atomic E-state index is -3.54. The maximum Gasteiger partial charge on any atom is 0.303 e. The second-order valence-electron chi connectivity index (χ2n) is 6.94. The molecular weight excluding hydrogens is 356 g/mol. The molecule has 0 bridgehead atoms. The zero-order chi connectivity index (χ0) is 19.3. The number of aliphatic carboxylic acids is 1. The van der Waals surface area contributed by atoms with E-state index >= 15 is 0 Å². The molecule has 144 valence electrons. The van der Waals surface area contributed by atoms with Gasteiger partial charge >= 0.3 is 5.97 Å². The Morgan fingerprint density at radius 2 is 1.96 bits per heavy atom. The molecule has 0 aromatic heterocycles. The second kappa shape index (κ2) is 8.64. The molecule has 26 heavy (non-hydrogen) atoms. The molecule has 0 saturated carbocycles. The molecule has 2 unspecified atom stereocenters. The molecule has 1 saturated heterocycles. The summed E-state index contributed by atoms with van der Waals surface area (Å²) < 4.78 is 26.9. The highest BCUT2D eigenvalue weighted by atomic mass is 32.2. The molecular formula is C18H26N2O5S. The van der Waals surface area contributed by atoms with Crippen LogP contribution in [0.2, 0.25) is 0 Å². The molecule has 1 amide bonds. The van der Waals surface area contributed by atoms with Gasteiger partial charge in [-0.05, 0) is 56.4 Å². The van der Waals surface area contributed by atoms with Crippen LogP contribution >= 0.6 is 0 Å². The highest BCUT2D eigenvalue weighted by Gasteiger charge is 2.28. The first-order valence-electron chi connectivity index (χ1n) is 8.83. The summed E-state index contributed by atoms with van der Waals surface area (Å²) >= 11 is 0. The van der Waals surface area contributed by atoms with E-state index in [1.165, 1.54) is 28.6 Å². The Morgan fingerprint density at radius 3 is 2.54 bits per heavy atom. The highest BCUT2D eigenvalue weighted by molar-refractivity contribution is 7.89. The third-order valence-corrected chi connectivity index (χ3v) is 6.42. The van der Waals surface area contributed by atoms with Crippen LogP contribution in [0.5, 0.6) is 0 Å². The molecule has 0 radical (unpaired) electrons. The van der Waals surface area contributed by atoms with Crippen molar-refractivity contribution in [3.63, 3.8) is 0 Å². The molecule has 1 aliphatic rings. The molecule has 1 fully saturated rings. The Morgan fingerprint density at radius 1 is 1.31 bits per heavy atom. The van der Waals surface area contributed by atoms with Gasteiger partial charge in [0, 0.05) is 31.1 Å². The van der Waals surface area contributed by atoms with Crippen LogP contribution in [0.15, 0.2) is 29.2 Å². The van der Waals surface area contributed by atoms with Crippen molar-refractivity contribution in [2.75, 3.05) is 13.1 Å². The Bertz CT molecular complexity index is 745. The van der Waals surface area contributed by atoms with Gasteiger partial charge in [-0.3, -0.25) is 9.59 Å². The van der Waals surface area contributed by atoms with Gasteiger partial charge in [-0.2, -0.15) is 4.31 Å². The molecule has 1 aromatic rings. The summed E-state index contributed by atoms with van der Waals surface area (Å²) in [5, 5.41) is 11.4. The number of rotatable bonds is 7. The van der Waals surface area contributed by atoms with Crippen molar-refractivity contribution in [3.05, 3.63) is 29.8 Å². The summed E-state index contributed by atoms with van der Waals surface area (Å²) in [4.78, 5) is 22.9. The van der Waals surface area contributed by atoms with Crippen LogP contribution in [0.25, 0.3) is 0 Å². The summed E-state index contributed by atoms with van der Waals surface area (Å²) in [6.45, 7) is 4.82. The van der Waals surface area contributed by atoms with Crippen LogP contribution < -0.4 is 5.32 Å². The highest BCUT2D eigenvalue weighted by Crippen LogP contribution is 2.23. The Balaban J connectivity index is 2.03. The molecule has 1 aromatic carbocycles. The first-order chi connectivity index (χ1) is 12.2. The molecule has 2 N–H and O–H groups in total. The smallest absolute Gasteiger partial charge is 0.303 e. The van der Waals surface area contributed by atoms with Crippen LogP contribution in [0.1, 0.15) is 49.9 Å². The Labute approximate surface area is 154 Å². The van der Waals surface area contributed by atoms with E-state index in [0.717, 1.165) is 12.8 Å². The molecule has 0 spiro atoms. The standard InChI is InChI=1S/C18H26N2O5S/c1-13-4-3-11-20(12-13)26(24,25)16-8-6-15(7-9-16)18(23)19-14(2)5-10-17(21)22/h6-9,13-14H,3-5,10-12H2,1-2H3,(H,19,23)(H,21,22). The van der Waals surface area contributed by atoms with Gasteiger partial charge in [0.1, 0.15) is 0 Å². The molecule has 2 atom stereocenters. The van der Waals surface area contributed by atoms with Crippen molar-refractivity contribution >= 4 is 21.9 Å². The average Bonchev–Trinajstić information content (AvgIpc) is 2.60. The first-order valence-corrected chi connectivity index (χ1v) is 10.3. The van der Waals surface area contributed by atoms with Crippen molar-refractivity contribution in [1.82, 2.24) is 9.62 Å². The van der Waals surface area contributed by atoms with Crippen LogP contribution in [0, 0.1) is 5.92 Å². The number of hydrogen-bond acceptors (Lipinski definition) is 4. The number of carbonyl (C=O) groups is 2. The van der Waals surface area contributed by atoms with Crippen molar-refractivity contribution in [2.45, 2.75) is 50.5 Å². The van der Waals surface area contributed by atoms with E-state index in [-0.39, 0.29) is 23.3 Å². The number of piperidine rings is 1. The first kappa shape index (κ1) is 20.4. The normalized spacial score (nSPS) is 19.7. The molecule has 0 aliphatic carbocycles. The maximum atomic E-state index is 12.7. The van der Waals surface area contributed by atoms with Gasteiger partial charge < -0.3 is 10.4 Å². The lowest BCUT2D eigenvalue weighted by Crippen LogP contribution is -2.39. The third kappa shape index (κ3) is 5.28. The summed E-state index contributed by atoms with van der Waals surface area (Å²) in [6.07, 6.45) is 2.20. The zero-order valence-electron chi connectivity index (χ0n) is 15.1. The predicted molar refractivity (Wildman–Crippen MR) is 97.4 cm³/mol. The van der Waals surface area contributed by atoms with Gasteiger partial charge in [0.2, 0.25) is 10.0 Å². The number of nitrogens with one attached hydrogen (secondary N) is 1. The monoisotopic (exact) mass is 382 g/mol. The number of amides is 1. The lowest BCUT2D eigenvalue weighted by molar-refractivity contribution is -0.137. The predicted octanol–water partition coefficient (Wildman–Crippen LogP) is 2.09. The van der Waals surface area contributed by atoms with Gasteiger partial charge in [-0.1, -0.05) is 6.92 Å². The largest absolute Gasteiger partial charge is 0.481 e.